The lowest BCUT2D eigenvalue weighted by Gasteiger charge is -2.00. The van der Waals surface area contributed by atoms with E-state index >= 15 is 0 Å². The Balaban J connectivity index is 1.97. The summed E-state index contributed by atoms with van der Waals surface area (Å²) in [5.74, 6) is 0.227. The Morgan fingerprint density at radius 1 is 1.20 bits per heavy atom. The first-order chi connectivity index (χ1) is 9.63. The van der Waals surface area contributed by atoms with Crippen LogP contribution in [-0.4, -0.2) is 11.9 Å². The number of aliphatic imine (C=N–C) groups is 1. The maximum atomic E-state index is 11.8. The third kappa shape index (κ3) is 2.64. The van der Waals surface area contributed by atoms with Crippen LogP contribution in [0.2, 0.25) is 5.02 Å². The Kier molecular flexibility index (Phi) is 3.62. The fourth-order valence-electron chi connectivity index (χ4n) is 1.70. The lowest BCUT2D eigenvalue weighted by Crippen LogP contribution is -2.05. The molecule has 0 unspecified atom stereocenters. The van der Waals surface area contributed by atoms with E-state index in [2.05, 4.69) is 4.99 Å². The number of carbonyl (C=O) groups excluding carboxylic acids is 1. The first-order valence-corrected chi connectivity index (χ1v) is 7.12. The van der Waals surface area contributed by atoms with Gasteiger partial charge in [-0.2, -0.15) is 0 Å². The molecular formula is C14H7ClINO3. The Morgan fingerprint density at radius 3 is 2.70 bits per heavy atom. The van der Waals surface area contributed by atoms with Crippen molar-refractivity contribution in [3.05, 3.63) is 62.2 Å². The molecule has 0 atom stereocenters. The number of esters is 1. The quantitative estimate of drug-likeness (QED) is 0.437. The van der Waals surface area contributed by atoms with Gasteiger partial charge in [-0.1, -0.05) is 23.7 Å². The summed E-state index contributed by atoms with van der Waals surface area (Å²) < 4.78 is 11.2. The minimum atomic E-state index is -0.522. The molecule has 0 spiro atoms. The van der Waals surface area contributed by atoms with Crippen molar-refractivity contribution in [1.29, 1.82) is 0 Å². The zero-order chi connectivity index (χ0) is 14.1. The molecule has 6 heteroatoms. The van der Waals surface area contributed by atoms with E-state index in [4.69, 9.17) is 20.8 Å². The van der Waals surface area contributed by atoms with Crippen LogP contribution in [0.3, 0.4) is 0 Å². The van der Waals surface area contributed by atoms with E-state index in [0.29, 0.717) is 16.3 Å². The van der Waals surface area contributed by atoms with E-state index in [1.54, 1.807) is 36.4 Å². The number of rotatable bonds is 2. The Morgan fingerprint density at radius 2 is 2.00 bits per heavy atom. The predicted octanol–water partition coefficient (Wildman–Crippen LogP) is 3.88. The number of halogens is 2. The van der Waals surface area contributed by atoms with Crippen molar-refractivity contribution in [2.45, 2.75) is 0 Å². The Hall–Kier alpha value is -1.60. The standard InChI is InChI=1S/C14H7ClINO3/c15-10-4-2-1-3-9(10)13-17-11(14(18)20-13)7-8-5-6-12(16)19-8/h1-7H/b11-7+. The van der Waals surface area contributed by atoms with Crippen LogP contribution in [0, 0.1) is 3.77 Å². The van der Waals surface area contributed by atoms with Crippen LogP contribution in [0.1, 0.15) is 11.3 Å². The lowest BCUT2D eigenvalue weighted by molar-refractivity contribution is -0.129. The maximum Gasteiger partial charge on any atom is 0.363 e. The van der Waals surface area contributed by atoms with Crippen LogP contribution in [0.15, 0.2) is 51.5 Å². The highest BCUT2D eigenvalue weighted by Gasteiger charge is 2.25. The molecule has 0 N–H and O–H groups in total. The van der Waals surface area contributed by atoms with Gasteiger partial charge in [-0.15, -0.1) is 0 Å². The van der Waals surface area contributed by atoms with Crippen LogP contribution in [0.5, 0.6) is 0 Å². The number of furan rings is 1. The topological polar surface area (TPSA) is 51.8 Å². The van der Waals surface area contributed by atoms with Gasteiger partial charge in [-0.05, 0) is 46.9 Å². The van der Waals surface area contributed by atoms with Crippen molar-refractivity contribution in [3.63, 3.8) is 0 Å². The third-order valence-corrected chi connectivity index (χ3v) is 3.51. The van der Waals surface area contributed by atoms with E-state index < -0.39 is 5.97 Å². The zero-order valence-corrected chi connectivity index (χ0v) is 12.9. The van der Waals surface area contributed by atoms with Gasteiger partial charge in [0.15, 0.2) is 9.46 Å². The molecule has 1 aromatic heterocycles. The summed E-state index contributed by atoms with van der Waals surface area (Å²) in [5.41, 5.74) is 0.769. The maximum absolute atomic E-state index is 11.8. The van der Waals surface area contributed by atoms with Crippen LogP contribution < -0.4 is 0 Å². The van der Waals surface area contributed by atoms with Crippen molar-refractivity contribution in [1.82, 2.24) is 0 Å². The summed E-state index contributed by atoms with van der Waals surface area (Å²) in [5, 5.41) is 0.479. The van der Waals surface area contributed by atoms with Crippen LogP contribution in [-0.2, 0) is 9.53 Å². The summed E-state index contributed by atoms with van der Waals surface area (Å²) in [6.07, 6.45) is 1.54. The van der Waals surface area contributed by atoms with E-state index in [1.165, 1.54) is 6.08 Å². The lowest BCUT2D eigenvalue weighted by atomic mass is 10.2. The highest BCUT2D eigenvalue weighted by molar-refractivity contribution is 14.1. The van der Waals surface area contributed by atoms with Crippen molar-refractivity contribution in [3.8, 4) is 0 Å². The summed E-state index contributed by atoms with van der Waals surface area (Å²) in [6, 6.07) is 10.6. The molecule has 0 saturated heterocycles. The minimum absolute atomic E-state index is 0.186. The van der Waals surface area contributed by atoms with Crippen molar-refractivity contribution >= 4 is 52.1 Å². The summed E-state index contributed by atoms with van der Waals surface area (Å²) >= 11 is 8.10. The average molecular weight is 400 g/mol. The van der Waals surface area contributed by atoms with Gasteiger partial charge < -0.3 is 9.15 Å². The SMILES string of the molecule is O=C1OC(c2ccccc2Cl)=N/C1=C/c1ccc(I)o1. The van der Waals surface area contributed by atoms with Crippen molar-refractivity contribution in [2.24, 2.45) is 4.99 Å². The second-order valence-corrected chi connectivity index (χ2v) is 5.43. The number of ether oxygens (including phenoxy) is 1. The molecule has 0 fully saturated rings. The fourth-order valence-corrected chi connectivity index (χ4v) is 2.35. The number of hydrogen-bond donors (Lipinski definition) is 0. The molecule has 0 saturated carbocycles. The molecule has 0 bridgehead atoms. The van der Waals surface area contributed by atoms with Crippen LogP contribution in [0.25, 0.3) is 6.08 Å². The van der Waals surface area contributed by atoms with E-state index in [-0.39, 0.29) is 11.6 Å². The molecule has 1 aromatic carbocycles. The van der Waals surface area contributed by atoms with Crippen molar-refractivity contribution in [2.75, 3.05) is 0 Å². The average Bonchev–Trinajstić information content (AvgIpc) is 2.98. The zero-order valence-electron chi connectivity index (χ0n) is 9.97. The van der Waals surface area contributed by atoms with Crippen LogP contribution in [0.4, 0.5) is 0 Å². The Bertz CT molecular complexity index is 748. The Labute approximate surface area is 133 Å². The van der Waals surface area contributed by atoms with Gasteiger partial charge in [-0.25, -0.2) is 9.79 Å². The van der Waals surface area contributed by atoms with E-state index in [9.17, 15) is 4.79 Å². The normalized spacial score (nSPS) is 16.4. The van der Waals surface area contributed by atoms with Gasteiger partial charge in [0.05, 0.1) is 10.6 Å². The fraction of sp³-hybridized carbons (Fsp3) is 0. The largest absolute Gasteiger partial charge is 0.451 e. The number of hydrogen-bond acceptors (Lipinski definition) is 4. The van der Waals surface area contributed by atoms with E-state index in [1.807, 2.05) is 22.6 Å². The number of cyclic esters (lactones) is 1. The van der Waals surface area contributed by atoms with Crippen LogP contribution >= 0.6 is 34.2 Å². The smallest absolute Gasteiger partial charge is 0.363 e. The molecule has 2 aromatic rings. The molecule has 1 aliphatic heterocycles. The summed E-state index contributed by atoms with van der Waals surface area (Å²) in [6.45, 7) is 0. The molecule has 20 heavy (non-hydrogen) atoms. The molecule has 3 rings (SSSR count). The number of nitrogens with zero attached hydrogens (tertiary/aromatic N) is 1. The molecule has 0 amide bonds. The molecule has 100 valence electrons. The third-order valence-electron chi connectivity index (χ3n) is 2.60. The molecule has 0 aliphatic carbocycles. The first-order valence-electron chi connectivity index (χ1n) is 5.66. The van der Waals surface area contributed by atoms with Crippen molar-refractivity contribution < 1.29 is 13.9 Å². The van der Waals surface area contributed by atoms with Gasteiger partial charge in [0.25, 0.3) is 0 Å². The number of carbonyl (C=O) groups is 1. The van der Waals surface area contributed by atoms with Gasteiger partial charge in [0.1, 0.15) is 5.76 Å². The van der Waals surface area contributed by atoms with Gasteiger partial charge >= 0.3 is 5.97 Å². The van der Waals surface area contributed by atoms with Gasteiger partial charge in [-0.3, -0.25) is 0 Å². The highest BCUT2D eigenvalue weighted by atomic mass is 127. The first kappa shape index (κ1) is 13.4. The second-order valence-electron chi connectivity index (χ2n) is 3.96. The monoisotopic (exact) mass is 399 g/mol. The molecule has 1 aliphatic rings. The second kappa shape index (κ2) is 5.41. The molecular weight excluding hydrogens is 393 g/mol. The summed E-state index contributed by atoms with van der Waals surface area (Å²) in [7, 11) is 0. The molecule has 4 nitrogen and oxygen atoms in total. The minimum Gasteiger partial charge on any atom is -0.451 e. The van der Waals surface area contributed by atoms with Gasteiger partial charge in [0, 0.05) is 6.08 Å². The predicted molar refractivity (Wildman–Crippen MR) is 83.5 cm³/mol. The summed E-state index contributed by atoms with van der Waals surface area (Å²) in [4.78, 5) is 16.0. The number of benzene rings is 1. The van der Waals surface area contributed by atoms with Gasteiger partial charge in [0.2, 0.25) is 5.90 Å². The molecule has 2 heterocycles. The van der Waals surface area contributed by atoms with E-state index in [0.717, 1.165) is 3.77 Å². The molecule has 0 radical (unpaired) electrons. The highest BCUT2D eigenvalue weighted by Crippen LogP contribution is 2.24.